The van der Waals surface area contributed by atoms with E-state index in [0.717, 1.165) is 49.5 Å². The average Bonchev–Trinajstić information content (AvgIpc) is 3.32. The molecule has 1 N–H and O–H groups in total. The highest BCUT2D eigenvalue weighted by Gasteiger charge is 2.25. The molecule has 1 aliphatic heterocycles. The van der Waals surface area contributed by atoms with Crippen molar-refractivity contribution in [3.63, 3.8) is 0 Å². The zero-order chi connectivity index (χ0) is 23.1. The Labute approximate surface area is 190 Å². The summed E-state index contributed by atoms with van der Waals surface area (Å²) in [4.78, 5) is 27.1. The van der Waals surface area contributed by atoms with Gasteiger partial charge in [0.15, 0.2) is 6.61 Å². The predicted octanol–water partition coefficient (Wildman–Crippen LogP) is 2.70. The zero-order valence-electron chi connectivity index (χ0n) is 18.9. The third kappa shape index (κ3) is 6.10. The van der Waals surface area contributed by atoms with E-state index in [9.17, 15) is 18.0 Å². The molecule has 0 bridgehead atoms. The van der Waals surface area contributed by atoms with Crippen LogP contribution in [0.2, 0.25) is 0 Å². The summed E-state index contributed by atoms with van der Waals surface area (Å²) in [6.07, 6.45) is 9.66. The predicted molar refractivity (Wildman–Crippen MR) is 123 cm³/mol. The minimum atomic E-state index is -3.70. The first-order valence-corrected chi connectivity index (χ1v) is 12.7. The summed E-state index contributed by atoms with van der Waals surface area (Å²) in [6.45, 7) is 1.69. The summed E-state index contributed by atoms with van der Waals surface area (Å²) >= 11 is 0. The largest absolute Gasteiger partial charge is 0.452 e. The Morgan fingerprint density at radius 3 is 2.53 bits per heavy atom. The van der Waals surface area contributed by atoms with E-state index in [1.54, 1.807) is 6.07 Å². The van der Waals surface area contributed by atoms with Crippen molar-refractivity contribution >= 4 is 27.6 Å². The van der Waals surface area contributed by atoms with Gasteiger partial charge >= 0.3 is 5.97 Å². The van der Waals surface area contributed by atoms with Crippen LogP contribution in [0.1, 0.15) is 55.3 Å². The number of hydrogen-bond acceptors (Lipinski definition) is 6. The van der Waals surface area contributed by atoms with Gasteiger partial charge < -0.3 is 15.0 Å². The van der Waals surface area contributed by atoms with Crippen LogP contribution < -0.4 is 10.2 Å². The van der Waals surface area contributed by atoms with E-state index < -0.39 is 22.6 Å². The van der Waals surface area contributed by atoms with Crippen LogP contribution in [0.4, 0.5) is 5.69 Å². The summed E-state index contributed by atoms with van der Waals surface area (Å²) in [7, 11) is -0.825. The molecule has 1 fully saturated rings. The SMILES string of the molecule is CN(C)S(=O)(=O)c1ccc(N2CCCC2)c(C(=O)OCC(=O)NCCC2=CCCCC2)c1. The second kappa shape index (κ2) is 11.0. The van der Waals surface area contributed by atoms with Gasteiger partial charge in [-0.05, 0) is 63.1 Å². The number of hydrogen-bond donors (Lipinski definition) is 1. The maximum atomic E-state index is 12.9. The van der Waals surface area contributed by atoms with Gasteiger partial charge in [-0.1, -0.05) is 11.6 Å². The molecule has 0 saturated carbocycles. The van der Waals surface area contributed by atoms with Crippen molar-refractivity contribution in [1.82, 2.24) is 9.62 Å². The van der Waals surface area contributed by atoms with Crippen LogP contribution in [0.15, 0.2) is 34.7 Å². The number of sulfonamides is 1. The Morgan fingerprint density at radius 1 is 1.12 bits per heavy atom. The Morgan fingerprint density at radius 2 is 1.88 bits per heavy atom. The second-order valence-electron chi connectivity index (χ2n) is 8.44. The van der Waals surface area contributed by atoms with Gasteiger partial charge in [-0.3, -0.25) is 4.79 Å². The average molecular weight is 464 g/mol. The molecule has 8 nitrogen and oxygen atoms in total. The molecule has 0 unspecified atom stereocenters. The van der Waals surface area contributed by atoms with Crippen LogP contribution >= 0.6 is 0 Å². The molecule has 9 heteroatoms. The number of rotatable bonds is 9. The lowest BCUT2D eigenvalue weighted by molar-refractivity contribution is -0.124. The lowest BCUT2D eigenvalue weighted by atomic mass is 9.97. The zero-order valence-corrected chi connectivity index (χ0v) is 19.7. The number of anilines is 1. The van der Waals surface area contributed by atoms with Gasteiger partial charge in [-0.15, -0.1) is 0 Å². The van der Waals surface area contributed by atoms with Crippen LogP contribution in [-0.2, 0) is 19.6 Å². The molecule has 3 rings (SSSR count). The first-order chi connectivity index (χ1) is 15.3. The van der Waals surface area contributed by atoms with E-state index in [1.807, 2.05) is 4.90 Å². The molecule has 0 aromatic heterocycles. The molecule has 1 aliphatic carbocycles. The van der Waals surface area contributed by atoms with Gasteiger partial charge in [-0.25, -0.2) is 17.5 Å². The Hall–Kier alpha value is -2.39. The highest BCUT2D eigenvalue weighted by molar-refractivity contribution is 7.89. The van der Waals surface area contributed by atoms with Crippen LogP contribution in [0, 0.1) is 0 Å². The fraction of sp³-hybridized carbons (Fsp3) is 0.565. The van der Waals surface area contributed by atoms with Crippen LogP contribution in [-0.4, -0.2) is 64.9 Å². The maximum Gasteiger partial charge on any atom is 0.340 e. The minimum Gasteiger partial charge on any atom is -0.452 e. The van der Waals surface area contributed by atoms with Crippen molar-refractivity contribution in [2.45, 2.75) is 49.8 Å². The van der Waals surface area contributed by atoms with E-state index in [4.69, 9.17) is 4.74 Å². The van der Waals surface area contributed by atoms with E-state index in [1.165, 1.54) is 44.6 Å². The molecule has 2 aliphatic rings. The molecule has 1 aromatic carbocycles. The summed E-state index contributed by atoms with van der Waals surface area (Å²) in [5.74, 6) is -1.07. The number of allylic oxidation sites excluding steroid dienone is 1. The fourth-order valence-corrected chi connectivity index (χ4v) is 4.97. The monoisotopic (exact) mass is 463 g/mol. The molecule has 0 radical (unpaired) electrons. The number of benzene rings is 1. The summed E-state index contributed by atoms with van der Waals surface area (Å²) < 4.78 is 31.5. The number of nitrogens with zero attached hydrogens (tertiary/aromatic N) is 2. The highest BCUT2D eigenvalue weighted by atomic mass is 32.2. The first-order valence-electron chi connectivity index (χ1n) is 11.2. The normalized spacial score (nSPS) is 16.7. The number of nitrogens with one attached hydrogen (secondary N) is 1. The number of carbonyl (C=O) groups is 2. The number of esters is 1. The molecule has 0 atom stereocenters. The van der Waals surface area contributed by atoms with Crippen molar-refractivity contribution in [3.8, 4) is 0 Å². The molecule has 1 aromatic rings. The molecule has 176 valence electrons. The summed E-state index contributed by atoms with van der Waals surface area (Å²) in [5.41, 5.74) is 2.16. The molecule has 32 heavy (non-hydrogen) atoms. The summed E-state index contributed by atoms with van der Waals surface area (Å²) in [5, 5.41) is 2.79. The number of amides is 1. The molecule has 1 amide bonds. The fourth-order valence-electron chi connectivity index (χ4n) is 4.04. The number of carbonyl (C=O) groups excluding carboxylic acids is 2. The standard InChI is InChI=1S/C23H33N3O5S/c1-25(2)32(29,30)19-10-11-21(26-14-6-7-15-26)20(16-19)23(28)31-17-22(27)24-13-12-18-8-4-3-5-9-18/h8,10-11,16H,3-7,9,12-15,17H2,1-2H3,(H,24,27). The van der Waals surface area contributed by atoms with E-state index in [2.05, 4.69) is 11.4 Å². The van der Waals surface area contributed by atoms with E-state index in [0.29, 0.717) is 12.2 Å². The van der Waals surface area contributed by atoms with Crippen molar-refractivity contribution in [1.29, 1.82) is 0 Å². The van der Waals surface area contributed by atoms with Gasteiger partial charge in [0.1, 0.15) is 0 Å². The Bertz CT molecular complexity index is 966. The van der Waals surface area contributed by atoms with E-state index in [-0.39, 0.29) is 16.4 Å². The maximum absolute atomic E-state index is 12.9. The van der Waals surface area contributed by atoms with Crippen molar-refractivity contribution in [3.05, 3.63) is 35.4 Å². The molecule has 1 saturated heterocycles. The molecular formula is C23H33N3O5S. The Balaban J connectivity index is 1.65. The van der Waals surface area contributed by atoms with Gasteiger partial charge in [-0.2, -0.15) is 0 Å². The third-order valence-corrected chi connectivity index (χ3v) is 7.71. The molecule has 0 spiro atoms. The van der Waals surface area contributed by atoms with Crippen molar-refractivity contribution in [2.24, 2.45) is 0 Å². The summed E-state index contributed by atoms with van der Waals surface area (Å²) in [6, 6.07) is 4.50. The van der Waals surface area contributed by atoms with Crippen molar-refractivity contribution in [2.75, 3.05) is 45.2 Å². The van der Waals surface area contributed by atoms with Gasteiger partial charge in [0.25, 0.3) is 5.91 Å². The Kier molecular flexibility index (Phi) is 8.31. The van der Waals surface area contributed by atoms with E-state index >= 15 is 0 Å². The van der Waals surface area contributed by atoms with Crippen molar-refractivity contribution < 1.29 is 22.7 Å². The number of ether oxygens (including phenoxy) is 1. The molecular weight excluding hydrogens is 430 g/mol. The first kappa shape index (κ1) is 24.3. The van der Waals surface area contributed by atoms with Crippen LogP contribution in [0.25, 0.3) is 0 Å². The minimum absolute atomic E-state index is 0.0163. The van der Waals surface area contributed by atoms with Gasteiger partial charge in [0.2, 0.25) is 10.0 Å². The smallest absolute Gasteiger partial charge is 0.340 e. The quantitative estimate of drug-likeness (QED) is 0.447. The van der Waals surface area contributed by atoms with Gasteiger partial charge in [0.05, 0.1) is 16.1 Å². The van der Waals surface area contributed by atoms with Crippen LogP contribution in [0.3, 0.4) is 0 Å². The third-order valence-electron chi connectivity index (χ3n) is 5.90. The van der Waals surface area contributed by atoms with Gasteiger partial charge in [0, 0.05) is 33.7 Å². The highest BCUT2D eigenvalue weighted by Crippen LogP contribution is 2.28. The van der Waals surface area contributed by atoms with Crippen LogP contribution in [0.5, 0.6) is 0 Å². The second-order valence-corrected chi connectivity index (χ2v) is 10.6. The topological polar surface area (TPSA) is 96.0 Å². The lowest BCUT2D eigenvalue weighted by Crippen LogP contribution is -2.30. The molecule has 1 heterocycles. The lowest BCUT2D eigenvalue weighted by Gasteiger charge is -2.22.